The van der Waals surface area contributed by atoms with Crippen LogP contribution < -0.4 is 0 Å². The predicted octanol–water partition coefficient (Wildman–Crippen LogP) is 0.906. The van der Waals surface area contributed by atoms with Gasteiger partial charge in [-0.1, -0.05) is 13.5 Å². The van der Waals surface area contributed by atoms with Crippen LogP contribution in [0.5, 0.6) is 0 Å². The highest BCUT2D eigenvalue weighted by molar-refractivity contribution is 5.88. The number of carbonyl (C=O) groups excluding carboxylic acids is 2. The third kappa shape index (κ3) is 6.39. The topological polar surface area (TPSA) is 49.9 Å². The van der Waals surface area contributed by atoms with Crippen LogP contribution in [-0.2, 0) is 14.3 Å². The first-order valence-electron chi connectivity index (χ1n) is 6.19. The van der Waals surface area contributed by atoms with Crippen molar-refractivity contribution in [2.45, 2.75) is 20.3 Å². The molecule has 0 aromatic rings. The molecule has 0 bridgehead atoms. The SMILES string of the molecule is C=C(CN(CCC)CC(=O)N(C)C)C(=O)OCC. The van der Waals surface area contributed by atoms with Crippen molar-refractivity contribution in [3.05, 3.63) is 12.2 Å². The highest BCUT2D eigenvalue weighted by Crippen LogP contribution is 2.02. The summed E-state index contributed by atoms with van der Waals surface area (Å²) in [4.78, 5) is 26.5. The largest absolute Gasteiger partial charge is 0.463 e. The van der Waals surface area contributed by atoms with E-state index in [1.807, 2.05) is 11.8 Å². The Kier molecular flexibility index (Phi) is 8.03. The summed E-state index contributed by atoms with van der Waals surface area (Å²) in [7, 11) is 3.43. The molecule has 1 amide bonds. The standard InChI is InChI=1S/C13H24N2O3/c1-6-8-15(10-12(16)14(4)5)9-11(3)13(17)18-7-2/h3,6-10H2,1-2,4-5H3. The minimum atomic E-state index is -0.393. The van der Waals surface area contributed by atoms with Gasteiger partial charge in [0, 0.05) is 26.2 Å². The molecule has 0 aliphatic carbocycles. The zero-order chi connectivity index (χ0) is 14.1. The van der Waals surface area contributed by atoms with Crippen molar-refractivity contribution in [3.8, 4) is 0 Å². The summed E-state index contributed by atoms with van der Waals surface area (Å²) >= 11 is 0. The molecule has 0 aliphatic rings. The smallest absolute Gasteiger partial charge is 0.334 e. The lowest BCUT2D eigenvalue weighted by atomic mass is 10.2. The Labute approximate surface area is 109 Å². The van der Waals surface area contributed by atoms with E-state index in [9.17, 15) is 9.59 Å². The maximum absolute atomic E-state index is 11.6. The van der Waals surface area contributed by atoms with Crippen LogP contribution in [0.25, 0.3) is 0 Å². The third-order valence-corrected chi connectivity index (χ3v) is 2.38. The number of rotatable bonds is 8. The lowest BCUT2D eigenvalue weighted by Gasteiger charge is -2.23. The van der Waals surface area contributed by atoms with Gasteiger partial charge < -0.3 is 9.64 Å². The van der Waals surface area contributed by atoms with Gasteiger partial charge in [-0.15, -0.1) is 0 Å². The number of hydrogen-bond donors (Lipinski definition) is 0. The average molecular weight is 256 g/mol. The molecule has 5 nitrogen and oxygen atoms in total. The summed E-state index contributed by atoms with van der Waals surface area (Å²) in [5.74, 6) is -0.379. The van der Waals surface area contributed by atoms with Gasteiger partial charge in [-0.25, -0.2) is 4.79 Å². The van der Waals surface area contributed by atoms with Crippen molar-refractivity contribution in [1.29, 1.82) is 0 Å². The fourth-order valence-corrected chi connectivity index (χ4v) is 1.43. The van der Waals surface area contributed by atoms with E-state index in [0.717, 1.165) is 13.0 Å². The van der Waals surface area contributed by atoms with Crippen LogP contribution in [0.3, 0.4) is 0 Å². The molecule has 0 spiro atoms. The van der Waals surface area contributed by atoms with E-state index in [1.165, 1.54) is 4.90 Å². The molecule has 0 saturated heterocycles. The number of carbonyl (C=O) groups is 2. The highest BCUT2D eigenvalue weighted by atomic mass is 16.5. The van der Waals surface area contributed by atoms with Crippen LogP contribution >= 0.6 is 0 Å². The van der Waals surface area contributed by atoms with Crippen LogP contribution in [0.2, 0.25) is 0 Å². The fraction of sp³-hybridized carbons (Fsp3) is 0.692. The van der Waals surface area contributed by atoms with Crippen molar-refractivity contribution in [2.75, 3.05) is 40.3 Å². The minimum Gasteiger partial charge on any atom is -0.463 e. The lowest BCUT2D eigenvalue weighted by molar-refractivity contribution is -0.139. The molecule has 0 aromatic carbocycles. The van der Waals surface area contributed by atoms with Gasteiger partial charge in [-0.05, 0) is 19.9 Å². The van der Waals surface area contributed by atoms with E-state index in [4.69, 9.17) is 4.74 Å². The molecular formula is C13H24N2O3. The van der Waals surface area contributed by atoms with Gasteiger partial charge in [0.05, 0.1) is 13.2 Å². The monoisotopic (exact) mass is 256 g/mol. The molecule has 0 saturated carbocycles. The molecule has 0 unspecified atom stereocenters. The minimum absolute atomic E-state index is 0.0140. The molecule has 0 aliphatic heterocycles. The van der Waals surface area contributed by atoms with Crippen molar-refractivity contribution in [3.63, 3.8) is 0 Å². The quantitative estimate of drug-likeness (QED) is 0.478. The van der Waals surface area contributed by atoms with Gasteiger partial charge in [-0.3, -0.25) is 9.69 Å². The number of esters is 1. The van der Waals surface area contributed by atoms with Crippen molar-refractivity contribution in [2.24, 2.45) is 0 Å². The summed E-state index contributed by atoms with van der Waals surface area (Å²) in [6.07, 6.45) is 0.914. The van der Waals surface area contributed by atoms with Gasteiger partial charge >= 0.3 is 5.97 Å². The summed E-state index contributed by atoms with van der Waals surface area (Å²) < 4.78 is 4.87. The molecule has 0 heterocycles. The molecule has 0 N–H and O–H groups in total. The molecule has 18 heavy (non-hydrogen) atoms. The molecule has 104 valence electrons. The van der Waals surface area contributed by atoms with Gasteiger partial charge in [0.25, 0.3) is 0 Å². The Morgan fingerprint density at radius 3 is 2.22 bits per heavy atom. The average Bonchev–Trinajstić information content (AvgIpc) is 2.29. The molecule has 0 aromatic heterocycles. The van der Waals surface area contributed by atoms with Crippen LogP contribution in [0.15, 0.2) is 12.2 Å². The van der Waals surface area contributed by atoms with Crippen molar-refractivity contribution >= 4 is 11.9 Å². The fourth-order valence-electron chi connectivity index (χ4n) is 1.43. The second-order valence-electron chi connectivity index (χ2n) is 4.32. The Hall–Kier alpha value is -1.36. The molecule has 0 rings (SSSR count). The molecule has 0 atom stereocenters. The Morgan fingerprint density at radius 2 is 1.78 bits per heavy atom. The summed E-state index contributed by atoms with van der Waals surface area (Å²) in [5.41, 5.74) is 0.386. The number of likely N-dealkylation sites (N-methyl/N-ethyl adjacent to an activating group) is 1. The number of nitrogens with zero attached hydrogens (tertiary/aromatic N) is 2. The molecule has 0 radical (unpaired) electrons. The molecular weight excluding hydrogens is 232 g/mol. The lowest BCUT2D eigenvalue weighted by Crippen LogP contribution is -2.38. The maximum atomic E-state index is 11.6. The zero-order valence-corrected chi connectivity index (χ0v) is 11.9. The van der Waals surface area contributed by atoms with Gasteiger partial charge in [-0.2, -0.15) is 0 Å². The Balaban J connectivity index is 4.39. The molecule has 0 fully saturated rings. The highest BCUT2D eigenvalue weighted by Gasteiger charge is 2.16. The van der Waals surface area contributed by atoms with E-state index < -0.39 is 5.97 Å². The first kappa shape index (κ1) is 16.6. The predicted molar refractivity (Wildman–Crippen MR) is 71.2 cm³/mol. The summed E-state index contributed by atoms with van der Waals surface area (Å²) in [5, 5.41) is 0. The van der Waals surface area contributed by atoms with Crippen LogP contribution in [0, 0.1) is 0 Å². The number of ether oxygens (including phenoxy) is 1. The van der Waals surface area contributed by atoms with E-state index in [2.05, 4.69) is 6.58 Å². The van der Waals surface area contributed by atoms with Crippen molar-refractivity contribution in [1.82, 2.24) is 9.80 Å². The first-order valence-corrected chi connectivity index (χ1v) is 6.19. The van der Waals surface area contributed by atoms with E-state index in [0.29, 0.717) is 25.3 Å². The van der Waals surface area contributed by atoms with Gasteiger partial charge in [0.2, 0.25) is 5.91 Å². The van der Waals surface area contributed by atoms with Crippen LogP contribution in [-0.4, -0.2) is 62.0 Å². The van der Waals surface area contributed by atoms with Gasteiger partial charge in [0.1, 0.15) is 0 Å². The summed E-state index contributed by atoms with van der Waals surface area (Å²) in [6, 6.07) is 0. The van der Waals surface area contributed by atoms with Gasteiger partial charge in [0.15, 0.2) is 0 Å². The van der Waals surface area contributed by atoms with E-state index in [-0.39, 0.29) is 5.91 Å². The molecule has 5 heteroatoms. The Morgan fingerprint density at radius 1 is 1.17 bits per heavy atom. The number of hydrogen-bond acceptors (Lipinski definition) is 4. The van der Waals surface area contributed by atoms with E-state index in [1.54, 1.807) is 21.0 Å². The normalized spacial score (nSPS) is 10.3. The number of amides is 1. The third-order valence-electron chi connectivity index (χ3n) is 2.38. The Bertz CT molecular complexity index is 301. The summed E-state index contributed by atoms with van der Waals surface area (Å²) in [6.45, 7) is 9.23. The second kappa shape index (κ2) is 8.69. The second-order valence-corrected chi connectivity index (χ2v) is 4.32. The van der Waals surface area contributed by atoms with Crippen LogP contribution in [0.1, 0.15) is 20.3 Å². The first-order chi connectivity index (χ1) is 8.42. The zero-order valence-electron chi connectivity index (χ0n) is 11.9. The van der Waals surface area contributed by atoms with Crippen molar-refractivity contribution < 1.29 is 14.3 Å². The van der Waals surface area contributed by atoms with E-state index >= 15 is 0 Å². The van der Waals surface area contributed by atoms with Crippen LogP contribution in [0.4, 0.5) is 0 Å². The maximum Gasteiger partial charge on any atom is 0.334 e.